The number of amides is 3. The van der Waals surface area contributed by atoms with Gasteiger partial charge in [0, 0.05) is 39.3 Å². The number of rotatable bonds is 40. The average Bonchev–Trinajstić information content (AvgIpc) is 3.48. The van der Waals surface area contributed by atoms with Crippen LogP contribution in [0.2, 0.25) is 0 Å². The molecule has 1 rings (SSSR count). The molecule has 6 N–H and O–H groups in total. The molecule has 0 atom stereocenters. The summed E-state index contributed by atoms with van der Waals surface area (Å²) in [6.45, 7) is -9.18. The van der Waals surface area contributed by atoms with Crippen LogP contribution in [0.5, 0.6) is 0 Å². The largest absolute Gasteiger partial charge is 0.447 e. The molecule has 0 fully saturated rings. The highest BCUT2D eigenvalue weighted by molar-refractivity contribution is 5.67. The van der Waals surface area contributed by atoms with Crippen molar-refractivity contribution in [1.29, 1.82) is 0 Å². The molecule has 24 nitrogen and oxygen atoms in total. The van der Waals surface area contributed by atoms with Gasteiger partial charge in [-0.1, -0.05) is 51.9 Å². The molecule has 3 amide bonds. The Labute approximate surface area is 462 Å². The van der Waals surface area contributed by atoms with Crippen LogP contribution in [0.3, 0.4) is 0 Å². The van der Waals surface area contributed by atoms with Crippen LogP contribution in [0.1, 0.15) is 90.9 Å². The van der Waals surface area contributed by atoms with Crippen LogP contribution in [0.4, 0.5) is 76.0 Å². The number of unbranched alkanes of at least 4 members (excludes halogenated alkanes) is 9. The highest BCUT2D eigenvalue weighted by Gasteiger charge is 2.32. The number of alkyl carbamates (subject to hydrolysis) is 3. The van der Waals surface area contributed by atoms with Crippen LogP contribution in [-0.4, -0.2) is 186 Å². The number of aromatic nitrogens is 3. The molecule has 0 aliphatic carbocycles. The Hall–Kier alpha value is -5.12. The van der Waals surface area contributed by atoms with Crippen molar-refractivity contribution in [3.05, 3.63) is 31.5 Å². The molecule has 0 aliphatic rings. The van der Waals surface area contributed by atoms with Gasteiger partial charge < -0.3 is 55.0 Å². The van der Waals surface area contributed by atoms with E-state index in [2.05, 4.69) is 61.0 Å². The summed E-state index contributed by atoms with van der Waals surface area (Å²) in [5.74, 6) is 0. The number of halogens is 14. The topological polar surface area (TPSA) is 297 Å². The van der Waals surface area contributed by atoms with Gasteiger partial charge in [0.2, 0.25) is 6.86 Å². The fourth-order valence-electron chi connectivity index (χ4n) is 5.36. The number of alkyl halides is 13. The van der Waals surface area contributed by atoms with Crippen LogP contribution in [0.15, 0.2) is 14.4 Å². The quantitative estimate of drug-likeness (QED) is 0.0240. The van der Waals surface area contributed by atoms with Gasteiger partial charge in [0.1, 0.15) is 33.1 Å². The first-order chi connectivity index (χ1) is 39.0. The van der Waals surface area contributed by atoms with Crippen molar-refractivity contribution in [1.82, 2.24) is 29.7 Å². The second-order valence-electron chi connectivity index (χ2n) is 15.1. The van der Waals surface area contributed by atoms with Crippen molar-refractivity contribution in [2.45, 2.75) is 129 Å². The molecule has 0 aromatic carbocycles. The van der Waals surface area contributed by atoms with Gasteiger partial charge in [-0.2, -0.15) is 31.3 Å². The zero-order valence-electron chi connectivity index (χ0n) is 45.4. The van der Waals surface area contributed by atoms with E-state index in [1.54, 1.807) is 6.92 Å². The second-order valence-corrected chi connectivity index (χ2v) is 15.1. The number of aliphatic hydroxyl groups is 3. The number of hydrogen-bond acceptors (Lipinski definition) is 18. The molecule has 1 aromatic rings. The third-order valence-electron chi connectivity index (χ3n) is 8.91. The Morgan fingerprint density at radius 3 is 1.17 bits per heavy atom. The van der Waals surface area contributed by atoms with Crippen molar-refractivity contribution < 1.29 is 134 Å². The number of ether oxygens (including phenoxy) is 8. The number of nitrogens with one attached hydrogen (secondary N) is 3. The lowest BCUT2D eigenvalue weighted by Gasteiger charge is -2.14. The molecule has 1 heterocycles. The van der Waals surface area contributed by atoms with Crippen molar-refractivity contribution in [2.24, 2.45) is 0 Å². The van der Waals surface area contributed by atoms with Crippen molar-refractivity contribution in [2.75, 3.05) is 120 Å². The summed E-state index contributed by atoms with van der Waals surface area (Å²) in [6.07, 6.45) is -4.16. The van der Waals surface area contributed by atoms with Gasteiger partial charge >= 0.3 is 53.7 Å². The fourth-order valence-corrected chi connectivity index (χ4v) is 5.36. The van der Waals surface area contributed by atoms with E-state index in [0.29, 0.717) is 64.5 Å². The van der Waals surface area contributed by atoms with E-state index in [0.717, 1.165) is 33.0 Å². The third kappa shape index (κ3) is 55.4. The summed E-state index contributed by atoms with van der Waals surface area (Å²) in [7, 11) is 0. The first kappa shape index (κ1) is 85.7. The Kier molecular flexibility index (Phi) is 61.7. The van der Waals surface area contributed by atoms with Crippen molar-refractivity contribution in [3.8, 4) is 0 Å². The molecule has 0 saturated carbocycles. The van der Waals surface area contributed by atoms with Gasteiger partial charge in [-0.15, -0.1) is 0 Å². The molecule has 0 bridgehead atoms. The predicted octanol–water partition coefficient (Wildman–Crippen LogP) is 6.27. The molecule has 0 aliphatic heterocycles. The first-order valence-corrected chi connectivity index (χ1v) is 24.8. The predicted molar refractivity (Wildman–Crippen MR) is 259 cm³/mol. The molecular weight excluding hydrogens is 1170 g/mol. The SMILES string of the molecule is CCCCCCNC(=O)OCF.CCn1c(=O)n(CCCCCCNC(=O)OCCF)c(=O)n(CCCCCCNC(=O)OCCOCC(F)(F)OCF)c1=O.FCOC(F)(F)COF.OCCOCC(F)(F)OCF.OCF.OCF. The van der Waals surface area contributed by atoms with E-state index in [9.17, 15) is 90.4 Å². The third-order valence-corrected chi connectivity index (χ3v) is 8.91. The Morgan fingerprint density at radius 1 is 0.463 bits per heavy atom. The fraction of sp³-hybridized carbons (Fsp3) is 0.864. The van der Waals surface area contributed by atoms with E-state index in [1.165, 1.54) is 6.42 Å². The lowest BCUT2D eigenvalue weighted by Crippen LogP contribution is -2.54. The van der Waals surface area contributed by atoms with Gasteiger partial charge in [-0.3, -0.25) is 14.2 Å². The number of hydrogen-bond donors (Lipinski definition) is 6. The maximum Gasteiger partial charge on any atom is 0.409 e. The van der Waals surface area contributed by atoms with Gasteiger partial charge in [0.25, 0.3) is 0 Å². The monoisotopic (exact) mass is 1240 g/mol. The smallest absolute Gasteiger partial charge is 0.409 e. The molecule has 38 heteroatoms. The van der Waals surface area contributed by atoms with Crippen LogP contribution in [-0.2, 0) is 62.5 Å². The molecule has 0 unspecified atom stereocenters. The molecule has 0 radical (unpaired) electrons. The number of carbonyl (C=O) groups is 3. The Bertz CT molecular complexity index is 1830. The molecule has 1 aromatic heterocycles. The van der Waals surface area contributed by atoms with Crippen LogP contribution >= 0.6 is 0 Å². The number of aliphatic hydroxyl groups excluding tert-OH is 3. The maximum atomic E-state index is 12.9. The maximum absolute atomic E-state index is 12.9. The van der Waals surface area contributed by atoms with Crippen LogP contribution in [0.25, 0.3) is 0 Å². The van der Waals surface area contributed by atoms with E-state index in [-0.39, 0.29) is 59.2 Å². The van der Waals surface area contributed by atoms with E-state index >= 15 is 0 Å². The Balaban J connectivity index is -0.000000415. The van der Waals surface area contributed by atoms with E-state index < -0.39 is 121 Å². The molecule has 0 saturated heterocycles. The first-order valence-electron chi connectivity index (χ1n) is 24.8. The van der Waals surface area contributed by atoms with E-state index in [1.807, 2.05) is 0 Å². The summed E-state index contributed by atoms with van der Waals surface area (Å²) >= 11 is 0. The minimum absolute atomic E-state index is 0.107. The zero-order chi connectivity index (χ0) is 63.5. The van der Waals surface area contributed by atoms with Crippen molar-refractivity contribution in [3.63, 3.8) is 0 Å². The standard InChI is InChI=1S/C26H43F4N5O9.C8H16FNO2.C5H9F3O3.C3H4F4O2.2CH3FO/c1-2-33-23(38)34(14-9-5-3-7-12-31-21(36)42-16-11-27)25(40)35(24(33)39)15-10-6-4-8-13-32-22(37)43-18-17-41-19-26(29,30)44-20-28;1-2-3-4-5-6-10-8(11)12-7-9;6-4-11-5(7,8)3-10-2-1-9;4-2-8-3(5,6)1-9-7;2*2-1-3/h2-20H2,1H3,(H,31,36)(H,32,37);2-7H2,1H3,(H,10,11);9H,1-4H2;1-2H2;2*3H,1H2. The van der Waals surface area contributed by atoms with Crippen LogP contribution < -0.4 is 33.0 Å². The lowest BCUT2D eigenvalue weighted by atomic mass is 10.2. The van der Waals surface area contributed by atoms with E-state index in [4.69, 9.17) is 20.1 Å². The van der Waals surface area contributed by atoms with Gasteiger partial charge in [-0.05, 0) is 43.6 Å². The minimum Gasteiger partial charge on any atom is -0.447 e. The van der Waals surface area contributed by atoms with Gasteiger partial charge in [0.15, 0.2) is 40.9 Å². The van der Waals surface area contributed by atoms with Gasteiger partial charge in [-0.25, -0.2) is 73.2 Å². The van der Waals surface area contributed by atoms with Crippen molar-refractivity contribution >= 4 is 18.3 Å². The second kappa shape index (κ2) is 59.1. The Morgan fingerprint density at radius 2 is 0.817 bits per heavy atom. The zero-order valence-corrected chi connectivity index (χ0v) is 45.4. The number of carbonyl (C=O) groups excluding carboxylic acids is 3. The summed E-state index contributed by atoms with van der Waals surface area (Å²) in [5, 5.41) is 29.3. The summed E-state index contributed by atoms with van der Waals surface area (Å²) < 4.78 is 196. The summed E-state index contributed by atoms with van der Waals surface area (Å²) in [4.78, 5) is 74.3. The number of nitrogens with zero attached hydrogens (tertiary/aromatic N) is 3. The molecule has 0 spiro atoms. The average molecular weight is 1250 g/mol. The summed E-state index contributed by atoms with van der Waals surface area (Å²) in [6, 6.07) is 0. The molecule has 490 valence electrons. The minimum atomic E-state index is -3.87. The lowest BCUT2D eigenvalue weighted by molar-refractivity contribution is -0.312. The molecule has 82 heavy (non-hydrogen) atoms. The van der Waals surface area contributed by atoms with Crippen LogP contribution in [0, 0.1) is 0 Å². The summed E-state index contributed by atoms with van der Waals surface area (Å²) in [5.41, 5.74) is -2.00. The normalized spacial score (nSPS) is 10.9. The van der Waals surface area contributed by atoms with Gasteiger partial charge in [0.05, 0.1) is 19.8 Å². The highest BCUT2D eigenvalue weighted by atomic mass is 19.3. The molecular formula is C44H78F14N6O18. The highest BCUT2D eigenvalue weighted by Crippen LogP contribution is 2.17.